The maximum Gasteiger partial charge on any atom is 0.415 e. The summed E-state index contributed by atoms with van der Waals surface area (Å²) in [6.45, 7) is 0.963. The summed E-state index contributed by atoms with van der Waals surface area (Å²) in [6.07, 6.45) is 8.17. The molecule has 36 heavy (non-hydrogen) atoms. The summed E-state index contributed by atoms with van der Waals surface area (Å²) in [7, 11) is 0. The molecule has 0 fully saturated rings. The number of carbonyl (C=O) groups excluding carboxylic acids is 1. The monoisotopic (exact) mass is 475 g/mol. The largest absolute Gasteiger partial charge is 0.415 e. The topological polar surface area (TPSA) is 109 Å². The molecule has 0 unspecified atom stereocenters. The van der Waals surface area contributed by atoms with Crippen molar-refractivity contribution in [1.82, 2.24) is 30.0 Å². The smallest absolute Gasteiger partial charge is 0.410 e. The van der Waals surface area contributed by atoms with Crippen molar-refractivity contribution in [3.63, 3.8) is 0 Å². The molecule has 0 saturated heterocycles. The first-order valence-corrected chi connectivity index (χ1v) is 11.4. The number of hydrogen-bond donors (Lipinski definition) is 2. The molecular weight excluding hydrogens is 454 g/mol. The van der Waals surface area contributed by atoms with Crippen LogP contribution in [0.5, 0.6) is 5.75 Å². The van der Waals surface area contributed by atoms with Crippen LogP contribution in [0.1, 0.15) is 11.1 Å². The number of nitrogens with one attached hydrogen (secondary N) is 2. The Morgan fingerprint density at radius 1 is 0.889 bits per heavy atom. The van der Waals surface area contributed by atoms with Gasteiger partial charge >= 0.3 is 6.09 Å². The zero-order valence-electron chi connectivity index (χ0n) is 19.1. The molecule has 1 aliphatic heterocycles. The maximum absolute atomic E-state index is 12.6. The van der Waals surface area contributed by atoms with Gasteiger partial charge in [0, 0.05) is 54.7 Å². The lowest BCUT2D eigenvalue weighted by Gasteiger charge is -2.14. The van der Waals surface area contributed by atoms with E-state index in [0.29, 0.717) is 30.5 Å². The SMILES string of the molecule is O=C(Oc1ccncc1)N1Cc2ccc(-c3nccc(Nc4ccc(-c5cn[nH]c5)cc4)n3)cc2C1. The fourth-order valence-electron chi connectivity index (χ4n) is 4.10. The normalized spacial score (nSPS) is 12.3. The van der Waals surface area contributed by atoms with Crippen molar-refractivity contribution in [2.24, 2.45) is 0 Å². The minimum Gasteiger partial charge on any atom is -0.410 e. The summed E-state index contributed by atoms with van der Waals surface area (Å²) < 4.78 is 5.45. The number of aromatic nitrogens is 5. The average Bonchev–Trinajstić information content (AvgIpc) is 3.60. The number of amides is 1. The van der Waals surface area contributed by atoms with Crippen molar-refractivity contribution in [2.45, 2.75) is 13.1 Å². The van der Waals surface area contributed by atoms with Gasteiger partial charge in [0.25, 0.3) is 0 Å². The third kappa shape index (κ3) is 4.49. The van der Waals surface area contributed by atoms with E-state index in [-0.39, 0.29) is 6.09 Å². The third-order valence-electron chi connectivity index (χ3n) is 5.94. The van der Waals surface area contributed by atoms with Crippen LogP contribution in [0.2, 0.25) is 0 Å². The van der Waals surface area contributed by atoms with Gasteiger partial charge in [0.2, 0.25) is 0 Å². The Bertz CT molecular complexity index is 1500. The molecule has 1 aliphatic rings. The van der Waals surface area contributed by atoms with E-state index in [0.717, 1.165) is 33.5 Å². The molecule has 2 N–H and O–H groups in total. The molecule has 0 bridgehead atoms. The fraction of sp³-hybridized carbons (Fsp3) is 0.0741. The van der Waals surface area contributed by atoms with Gasteiger partial charge in [-0.2, -0.15) is 5.10 Å². The van der Waals surface area contributed by atoms with Crippen LogP contribution in [0, 0.1) is 0 Å². The Morgan fingerprint density at radius 3 is 2.50 bits per heavy atom. The Balaban J connectivity index is 1.15. The average molecular weight is 476 g/mol. The summed E-state index contributed by atoms with van der Waals surface area (Å²) in [5.41, 5.74) is 6.05. The number of anilines is 2. The third-order valence-corrected chi connectivity index (χ3v) is 5.94. The van der Waals surface area contributed by atoms with Gasteiger partial charge in [0.15, 0.2) is 5.82 Å². The van der Waals surface area contributed by atoms with E-state index in [1.165, 1.54) is 0 Å². The molecule has 5 aromatic rings. The van der Waals surface area contributed by atoms with E-state index in [1.807, 2.05) is 54.7 Å². The Morgan fingerprint density at radius 2 is 1.69 bits per heavy atom. The van der Waals surface area contributed by atoms with Crippen LogP contribution in [-0.4, -0.2) is 36.1 Å². The Labute approximate surface area is 206 Å². The van der Waals surface area contributed by atoms with Gasteiger partial charge in [0.1, 0.15) is 11.6 Å². The first-order valence-electron chi connectivity index (χ1n) is 11.4. The second-order valence-corrected chi connectivity index (χ2v) is 8.35. The minimum atomic E-state index is -0.389. The van der Waals surface area contributed by atoms with Crippen molar-refractivity contribution >= 4 is 17.6 Å². The molecule has 0 saturated carbocycles. The Hall–Kier alpha value is -5.05. The van der Waals surface area contributed by atoms with Crippen molar-refractivity contribution in [3.8, 4) is 28.3 Å². The number of aromatic amines is 1. The summed E-state index contributed by atoms with van der Waals surface area (Å²) in [5.74, 6) is 1.77. The molecular formula is C27H21N7O2. The number of carbonyl (C=O) groups is 1. The van der Waals surface area contributed by atoms with Gasteiger partial charge < -0.3 is 10.1 Å². The molecule has 4 heterocycles. The van der Waals surface area contributed by atoms with Crippen molar-refractivity contribution < 1.29 is 9.53 Å². The summed E-state index contributed by atoms with van der Waals surface area (Å²) >= 11 is 0. The highest BCUT2D eigenvalue weighted by Gasteiger charge is 2.25. The highest BCUT2D eigenvalue weighted by atomic mass is 16.6. The second kappa shape index (κ2) is 9.30. The number of rotatable bonds is 5. The Kier molecular flexibility index (Phi) is 5.55. The molecule has 3 aromatic heterocycles. The number of pyridine rings is 1. The molecule has 176 valence electrons. The van der Waals surface area contributed by atoms with E-state index in [2.05, 4.69) is 25.5 Å². The van der Waals surface area contributed by atoms with Crippen molar-refractivity contribution in [2.75, 3.05) is 5.32 Å². The predicted octanol–water partition coefficient (Wildman–Crippen LogP) is 5.19. The molecule has 9 nitrogen and oxygen atoms in total. The molecule has 0 atom stereocenters. The zero-order valence-corrected chi connectivity index (χ0v) is 19.1. The van der Waals surface area contributed by atoms with Gasteiger partial charge in [-0.3, -0.25) is 15.0 Å². The summed E-state index contributed by atoms with van der Waals surface area (Å²) in [5, 5.41) is 10.2. The number of ether oxygens (including phenoxy) is 1. The number of nitrogens with zero attached hydrogens (tertiary/aromatic N) is 5. The minimum absolute atomic E-state index is 0.389. The van der Waals surface area contributed by atoms with Crippen LogP contribution in [0.3, 0.4) is 0 Å². The van der Waals surface area contributed by atoms with E-state index in [4.69, 9.17) is 9.72 Å². The molecule has 0 aliphatic carbocycles. The van der Waals surface area contributed by atoms with E-state index >= 15 is 0 Å². The highest BCUT2D eigenvalue weighted by molar-refractivity contribution is 5.72. The number of H-pyrrole nitrogens is 1. The summed E-state index contributed by atoms with van der Waals surface area (Å²) in [6, 6.07) is 19.2. The molecule has 1 amide bonds. The van der Waals surface area contributed by atoms with Crippen LogP contribution < -0.4 is 10.1 Å². The lowest BCUT2D eigenvalue weighted by molar-refractivity contribution is 0.152. The molecule has 0 radical (unpaired) electrons. The van der Waals surface area contributed by atoms with Crippen molar-refractivity contribution in [1.29, 1.82) is 0 Å². The molecule has 0 spiro atoms. The van der Waals surface area contributed by atoms with Gasteiger partial charge in [-0.25, -0.2) is 14.8 Å². The van der Waals surface area contributed by atoms with Crippen LogP contribution in [0.25, 0.3) is 22.5 Å². The van der Waals surface area contributed by atoms with E-state index in [1.54, 1.807) is 41.8 Å². The first-order chi connectivity index (χ1) is 17.7. The van der Waals surface area contributed by atoms with Gasteiger partial charge in [0.05, 0.1) is 6.20 Å². The number of benzene rings is 2. The fourth-order valence-corrected chi connectivity index (χ4v) is 4.10. The predicted molar refractivity (Wildman–Crippen MR) is 134 cm³/mol. The quantitative estimate of drug-likeness (QED) is 0.360. The number of hydrogen-bond acceptors (Lipinski definition) is 7. The lowest BCUT2D eigenvalue weighted by atomic mass is 10.1. The van der Waals surface area contributed by atoms with Crippen LogP contribution in [0.15, 0.2) is 91.6 Å². The van der Waals surface area contributed by atoms with Gasteiger partial charge in [-0.15, -0.1) is 0 Å². The number of fused-ring (bicyclic) bond motifs is 1. The van der Waals surface area contributed by atoms with Crippen molar-refractivity contribution in [3.05, 3.63) is 103 Å². The summed E-state index contributed by atoms with van der Waals surface area (Å²) in [4.78, 5) is 27.4. The van der Waals surface area contributed by atoms with E-state index in [9.17, 15) is 4.79 Å². The highest BCUT2D eigenvalue weighted by Crippen LogP contribution is 2.29. The molecule has 9 heteroatoms. The van der Waals surface area contributed by atoms with Crippen LogP contribution >= 0.6 is 0 Å². The van der Waals surface area contributed by atoms with Gasteiger partial charge in [-0.05, 0) is 53.1 Å². The zero-order chi connectivity index (χ0) is 24.3. The van der Waals surface area contributed by atoms with Gasteiger partial charge in [-0.1, -0.05) is 24.3 Å². The molecule has 2 aromatic carbocycles. The molecule has 6 rings (SSSR count). The standard InChI is InChI=1S/C27H21N7O2/c35-27(36-24-7-10-28-11-8-24)34-16-20-2-1-19(13-21(20)17-34)26-29-12-9-25(33-26)32-23-5-3-18(4-6-23)22-14-30-31-15-22/h1-15H,16-17H2,(H,30,31)(H,29,32,33). The van der Waals surface area contributed by atoms with E-state index < -0.39 is 0 Å². The van der Waals surface area contributed by atoms with Crippen LogP contribution in [-0.2, 0) is 13.1 Å². The first kappa shape index (κ1) is 21.5. The maximum atomic E-state index is 12.6. The van der Waals surface area contributed by atoms with Crippen LogP contribution in [0.4, 0.5) is 16.3 Å². The lowest BCUT2D eigenvalue weighted by Crippen LogP contribution is -2.28. The second-order valence-electron chi connectivity index (χ2n) is 8.35.